The normalized spacial score (nSPS) is 21.5. The monoisotopic (exact) mass is 238 g/mol. The van der Waals surface area contributed by atoms with Gasteiger partial charge in [0.05, 0.1) is 0 Å². The number of hydrogen-bond acceptors (Lipinski definition) is 2. The molecule has 1 aromatic rings. The fraction of sp³-hybridized carbons (Fsp3) is 0.538. The minimum Gasteiger partial charge on any atom is -0.399 e. The van der Waals surface area contributed by atoms with Gasteiger partial charge in [-0.25, -0.2) is 0 Å². The molecule has 1 aliphatic heterocycles. The summed E-state index contributed by atoms with van der Waals surface area (Å²) in [6.45, 7) is 4.37. The standard InChI is InChI=1S/C13H19ClN2/c1-2-12-4-3-7-16(12)9-10-8-11(15)5-6-13(10)14/h5-6,8,12H,2-4,7,9,15H2,1H3. The number of hydrogen-bond donors (Lipinski definition) is 1. The molecule has 1 heterocycles. The van der Waals surface area contributed by atoms with Crippen molar-refractivity contribution in [2.75, 3.05) is 12.3 Å². The van der Waals surface area contributed by atoms with Crippen LogP contribution in [-0.4, -0.2) is 17.5 Å². The maximum atomic E-state index is 6.18. The summed E-state index contributed by atoms with van der Waals surface area (Å²) in [6, 6.07) is 6.46. The van der Waals surface area contributed by atoms with Crippen LogP contribution in [-0.2, 0) is 6.54 Å². The van der Waals surface area contributed by atoms with Gasteiger partial charge in [0.1, 0.15) is 0 Å². The Labute approximate surface area is 102 Å². The number of nitrogens with zero attached hydrogens (tertiary/aromatic N) is 1. The van der Waals surface area contributed by atoms with E-state index in [9.17, 15) is 0 Å². The van der Waals surface area contributed by atoms with Crippen LogP contribution in [0.25, 0.3) is 0 Å². The molecule has 0 aromatic heterocycles. The minimum absolute atomic E-state index is 0.720. The molecule has 2 N–H and O–H groups in total. The summed E-state index contributed by atoms with van der Waals surface area (Å²) in [7, 11) is 0. The van der Waals surface area contributed by atoms with Crippen LogP contribution in [0, 0.1) is 0 Å². The van der Waals surface area contributed by atoms with Crippen molar-refractivity contribution in [1.82, 2.24) is 4.90 Å². The molecular formula is C13H19ClN2. The molecule has 2 rings (SSSR count). The van der Waals surface area contributed by atoms with Gasteiger partial charge in [0, 0.05) is 23.3 Å². The molecule has 0 saturated carbocycles. The van der Waals surface area contributed by atoms with Gasteiger partial charge in [0.15, 0.2) is 0 Å². The smallest absolute Gasteiger partial charge is 0.0452 e. The van der Waals surface area contributed by atoms with Crippen LogP contribution in [0.3, 0.4) is 0 Å². The number of halogens is 1. The first-order chi connectivity index (χ1) is 7.70. The number of nitrogens with two attached hydrogens (primary N) is 1. The molecule has 1 fully saturated rings. The number of nitrogen functional groups attached to an aromatic ring is 1. The van der Waals surface area contributed by atoms with E-state index in [0.29, 0.717) is 0 Å². The summed E-state index contributed by atoms with van der Waals surface area (Å²) in [6.07, 6.45) is 3.84. The van der Waals surface area contributed by atoms with Crippen molar-refractivity contribution in [2.24, 2.45) is 0 Å². The SMILES string of the molecule is CCC1CCCN1Cc1cc(N)ccc1Cl. The Bertz CT molecular complexity index is 365. The maximum Gasteiger partial charge on any atom is 0.0452 e. The van der Waals surface area contributed by atoms with E-state index in [2.05, 4.69) is 11.8 Å². The zero-order valence-corrected chi connectivity index (χ0v) is 10.5. The first-order valence-electron chi connectivity index (χ1n) is 5.98. The topological polar surface area (TPSA) is 29.3 Å². The highest BCUT2D eigenvalue weighted by Crippen LogP contribution is 2.26. The fourth-order valence-electron chi connectivity index (χ4n) is 2.50. The summed E-state index contributed by atoms with van der Waals surface area (Å²) in [4.78, 5) is 2.51. The van der Waals surface area contributed by atoms with Crippen molar-refractivity contribution in [3.05, 3.63) is 28.8 Å². The summed E-state index contributed by atoms with van der Waals surface area (Å²) in [5.74, 6) is 0. The Morgan fingerprint density at radius 3 is 3.06 bits per heavy atom. The molecule has 0 radical (unpaired) electrons. The van der Waals surface area contributed by atoms with Crippen LogP contribution in [0.1, 0.15) is 31.7 Å². The second-order valence-corrected chi connectivity index (χ2v) is 4.93. The third kappa shape index (κ3) is 2.50. The van der Waals surface area contributed by atoms with Crippen LogP contribution in [0.4, 0.5) is 5.69 Å². The fourth-order valence-corrected chi connectivity index (χ4v) is 2.68. The van der Waals surface area contributed by atoms with E-state index >= 15 is 0 Å². The number of anilines is 1. The summed E-state index contributed by atoms with van der Waals surface area (Å²) in [5.41, 5.74) is 7.74. The molecule has 1 aliphatic rings. The minimum atomic E-state index is 0.720. The number of rotatable bonds is 3. The summed E-state index contributed by atoms with van der Waals surface area (Å²) >= 11 is 6.18. The molecule has 1 saturated heterocycles. The van der Waals surface area contributed by atoms with Crippen molar-refractivity contribution in [1.29, 1.82) is 0 Å². The van der Waals surface area contributed by atoms with E-state index < -0.39 is 0 Å². The maximum absolute atomic E-state index is 6.18. The third-order valence-corrected chi connectivity index (χ3v) is 3.78. The average molecular weight is 239 g/mol. The quantitative estimate of drug-likeness (QED) is 0.819. The van der Waals surface area contributed by atoms with E-state index in [0.717, 1.165) is 28.9 Å². The Hall–Kier alpha value is -0.730. The lowest BCUT2D eigenvalue weighted by Gasteiger charge is -2.23. The van der Waals surface area contributed by atoms with Gasteiger partial charge in [-0.3, -0.25) is 4.90 Å². The zero-order valence-electron chi connectivity index (χ0n) is 9.75. The first kappa shape index (κ1) is 11.7. The first-order valence-corrected chi connectivity index (χ1v) is 6.36. The van der Waals surface area contributed by atoms with Crippen LogP contribution in [0.5, 0.6) is 0 Å². The van der Waals surface area contributed by atoms with Crippen molar-refractivity contribution in [2.45, 2.75) is 38.8 Å². The van der Waals surface area contributed by atoms with Crippen molar-refractivity contribution >= 4 is 17.3 Å². The van der Waals surface area contributed by atoms with Crippen LogP contribution < -0.4 is 5.73 Å². The van der Waals surface area contributed by atoms with Gasteiger partial charge in [0.2, 0.25) is 0 Å². The van der Waals surface area contributed by atoms with Crippen LogP contribution in [0.2, 0.25) is 5.02 Å². The molecule has 0 aliphatic carbocycles. The number of likely N-dealkylation sites (tertiary alicyclic amines) is 1. The third-order valence-electron chi connectivity index (χ3n) is 3.41. The van der Waals surface area contributed by atoms with Gasteiger partial charge >= 0.3 is 0 Å². The Morgan fingerprint density at radius 1 is 1.50 bits per heavy atom. The second-order valence-electron chi connectivity index (χ2n) is 4.53. The lowest BCUT2D eigenvalue weighted by molar-refractivity contribution is 0.240. The highest BCUT2D eigenvalue weighted by atomic mass is 35.5. The highest BCUT2D eigenvalue weighted by molar-refractivity contribution is 6.31. The zero-order chi connectivity index (χ0) is 11.5. The molecule has 2 nitrogen and oxygen atoms in total. The lowest BCUT2D eigenvalue weighted by Crippen LogP contribution is -2.28. The average Bonchev–Trinajstić information content (AvgIpc) is 2.71. The Morgan fingerprint density at radius 2 is 2.31 bits per heavy atom. The van der Waals surface area contributed by atoms with Gasteiger partial charge in [-0.1, -0.05) is 18.5 Å². The highest BCUT2D eigenvalue weighted by Gasteiger charge is 2.23. The van der Waals surface area contributed by atoms with Gasteiger partial charge in [-0.2, -0.15) is 0 Å². The predicted octanol–water partition coefficient (Wildman–Crippen LogP) is 3.30. The van der Waals surface area contributed by atoms with E-state index in [1.807, 2.05) is 18.2 Å². The molecule has 0 spiro atoms. The summed E-state index contributed by atoms with van der Waals surface area (Å²) < 4.78 is 0. The van der Waals surface area contributed by atoms with Gasteiger partial charge < -0.3 is 5.73 Å². The van der Waals surface area contributed by atoms with E-state index in [-0.39, 0.29) is 0 Å². The predicted molar refractivity (Wildman–Crippen MR) is 69.6 cm³/mol. The molecule has 16 heavy (non-hydrogen) atoms. The molecule has 0 bridgehead atoms. The van der Waals surface area contributed by atoms with Crippen molar-refractivity contribution in [3.8, 4) is 0 Å². The second kappa shape index (κ2) is 5.07. The van der Waals surface area contributed by atoms with Gasteiger partial charge in [-0.15, -0.1) is 0 Å². The largest absolute Gasteiger partial charge is 0.399 e. The van der Waals surface area contributed by atoms with E-state index in [1.54, 1.807) is 0 Å². The lowest BCUT2D eigenvalue weighted by atomic mass is 10.1. The Kier molecular flexibility index (Phi) is 3.72. The van der Waals surface area contributed by atoms with Crippen LogP contribution in [0.15, 0.2) is 18.2 Å². The van der Waals surface area contributed by atoms with Crippen LogP contribution >= 0.6 is 11.6 Å². The Balaban J connectivity index is 2.11. The van der Waals surface area contributed by atoms with E-state index in [1.165, 1.54) is 25.8 Å². The molecule has 1 unspecified atom stereocenters. The van der Waals surface area contributed by atoms with Crippen molar-refractivity contribution < 1.29 is 0 Å². The van der Waals surface area contributed by atoms with Gasteiger partial charge in [-0.05, 0) is 49.6 Å². The van der Waals surface area contributed by atoms with Gasteiger partial charge in [0.25, 0.3) is 0 Å². The van der Waals surface area contributed by atoms with E-state index in [4.69, 9.17) is 17.3 Å². The molecule has 88 valence electrons. The molecule has 0 amide bonds. The molecular weight excluding hydrogens is 220 g/mol. The molecule has 3 heteroatoms. The number of benzene rings is 1. The molecule has 1 aromatic carbocycles. The van der Waals surface area contributed by atoms with Crippen molar-refractivity contribution in [3.63, 3.8) is 0 Å². The summed E-state index contributed by atoms with van der Waals surface area (Å²) in [5, 5.41) is 0.830. The molecule has 1 atom stereocenters.